The Morgan fingerprint density at radius 2 is 1.54 bits per heavy atom. The third kappa shape index (κ3) is 7.72. The van der Waals surface area contributed by atoms with Gasteiger partial charge in [0.2, 0.25) is 0 Å². The number of aromatic nitrogens is 3. The molecule has 2 aliphatic rings. The standard InChI is InChI=1S/C42H48N4O4/c1-3-32(2)45-31-43-46(41(45)47)38-20-18-37(19-21-38)44-26-24-34(25-27-44)15-14-33-16-22-39(23-17-33)48-29-40-30-49-42(50-40,36-12-8-5-9-13-36)28-35-10-6-4-7-11-35/h4-13,16-23,31-32,34,40H,3,14-15,24-30H2,1-2H3/t32?,40-,42-/m1/s1. The molecular formula is C42H48N4O4. The van der Waals surface area contributed by atoms with E-state index in [4.69, 9.17) is 14.2 Å². The number of piperidine rings is 1. The quantitative estimate of drug-likeness (QED) is 0.127. The summed E-state index contributed by atoms with van der Waals surface area (Å²) in [5, 5.41) is 4.35. The van der Waals surface area contributed by atoms with Gasteiger partial charge in [0.1, 0.15) is 24.8 Å². The molecule has 260 valence electrons. The monoisotopic (exact) mass is 672 g/mol. The number of rotatable bonds is 13. The van der Waals surface area contributed by atoms with E-state index in [1.54, 1.807) is 10.9 Å². The van der Waals surface area contributed by atoms with Crippen LogP contribution in [0.5, 0.6) is 5.75 Å². The van der Waals surface area contributed by atoms with Crippen LogP contribution in [-0.2, 0) is 28.1 Å². The lowest BCUT2D eigenvalue weighted by atomic mass is 9.90. The highest BCUT2D eigenvalue weighted by molar-refractivity contribution is 5.51. The minimum absolute atomic E-state index is 0.0891. The zero-order valence-electron chi connectivity index (χ0n) is 29.2. The minimum atomic E-state index is -0.818. The fraction of sp³-hybridized carbons (Fsp3) is 0.381. The molecule has 0 amide bonds. The molecule has 8 nitrogen and oxygen atoms in total. The van der Waals surface area contributed by atoms with Gasteiger partial charge in [-0.15, -0.1) is 0 Å². The summed E-state index contributed by atoms with van der Waals surface area (Å²) in [7, 11) is 0. The molecule has 3 heterocycles. The van der Waals surface area contributed by atoms with Gasteiger partial charge >= 0.3 is 5.69 Å². The van der Waals surface area contributed by atoms with Crippen molar-refractivity contribution in [1.29, 1.82) is 0 Å². The van der Waals surface area contributed by atoms with E-state index >= 15 is 0 Å². The molecule has 5 aromatic rings. The van der Waals surface area contributed by atoms with E-state index in [0.717, 1.165) is 42.9 Å². The van der Waals surface area contributed by atoms with Crippen molar-refractivity contribution >= 4 is 5.69 Å². The summed E-state index contributed by atoms with van der Waals surface area (Å²) in [6.07, 6.45) is 7.63. The second-order valence-electron chi connectivity index (χ2n) is 13.8. The zero-order valence-corrected chi connectivity index (χ0v) is 29.2. The van der Waals surface area contributed by atoms with Gasteiger partial charge in [-0.2, -0.15) is 9.78 Å². The number of anilines is 1. The normalized spacial score (nSPS) is 20.2. The molecule has 1 aromatic heterocycles. The molecule has 3 atom stereocenters. The summed E-state index contributed by atoms with van der Waals surface area (Å²) >= 11 is 0. The predicted octanol–water partition coefficient (Wildman–Crippen LogP) is 7.74. The summed E-state index contributed by atoms with van der Waals surface area (Å²) < 4.78 is 22.4. The second-order valence-corrected chi connectivity index (χ2v) is 13.8. The molecule has 0 saturated carbocycles. The Labute approximate surface area is 295 Å². The van der Waals surface area contributed by atoms with E-state index in [1.165, 1.54) is 40.8 Å². The Bertz CT molecular complexity index is 1850. The Balaban J connectivity index is 0.860. The van der Waals surface area contributed by atoms with E-state index in [1.807, 2.05) is 43.3 Å². The van der Waals surface area contributed by atoms with Crippen molar-refractivity contribution in [2.24, 2.45) is 5.92 Å². The van der Waals surface area contributed by atoms with Crippen molar-refractivity contribution in [3.63, 3.8) is 0 Å². The molecule has 7 rings (SSSR count). The number of aryl methyl sites for hydroxylation is 1. The van der Waals surface area contributed by atoms with Gasteiger partial charge in [0, 0.05) is 36.8 Å². The largest absolute Gasteiger partial charge is 0.491 e. The smallest absolute Gasteiger partial charge is 0.350 e. The predicted molar refractivity (Wildman–Crippen MR) is 197 cm³/mol. The number of ether oxygens (including phenoxy) is 3. The molecule has 1 unspecified atom stereocenters. The van der Waals surface area contributed by atoms with Crippen molar-refractivity contribution in [1.82, 2.24) is 14.3 Å². The molecule has 0 N–H and O–H groups in total. The van der Waals surface area contributed by atoms with Crippen molar-refractivity contribution < 1.29 is 14.2 Å². The molecular weight excluding hydrogens is 624 g/mol. The van der Waals surface area contributed by atoms with Gasteiger partial charge in [-0.25, -0.2) is 4.79 Å². The van der Waals surface area contributed by atoms with Crippen LogP contribution in [0.1, 0.15) is 62.3 Å². The fourth-order valence-electron chi connectivity index (χ4n) is 7.14. The van der Waals surface area contributed by atoms with Crippen LogP contribution in [-0.4, -0.2) is 46.8 Å². The number of nitrogens with zero attached hydrogens (tertiary/aromatic N) is 4. The van der Waals surface area contributed by atoms with E-state index < -0.39 is 5.79 Å². The van der Waals surface area contributed by atoms with E-state index in [-0.39, 0.29) is 17.8 Å². The van der Waals surface area contributed by atoms with Crippen LogP contribution in [0.2, 0.25) is 0 Å². The summed E-state index contributed by atoms with van der Waals surface area (Å²) in [6.45, 7) is 7.12. The Hall–Kier alpha value is -4.66. The summed E-state index contributed by atoms with van der Waals surface area (Å²) in [5.41, 5.74) is 5.45. The van der Waals surface area contributed by atoms with Gasteiger partial charge in [-0.05, 0) is 92.5 Å². The highest BCUT2D eigenvalue weighted by Crippen LogP contribution is 2.38. The lowest BCUT2D eigenvalue weighted by Crippen LogP contribution is -2.33. The highest BCUT2D eigenvalue weighted by atomic mass is 16.8. The lowest BCUT2D eigenvalue weighted by Gasteiger charge is -2.33. The molecule has 2 aliphatic heterocycles. The molecule has 2 saturated heterocycles. The van der Waals surface area contributed by atoms with E-state index in [9.17, 15) is 4.79 Å². The van der Waals surface area contributed by atoms with Gasteiger partial charge in [0.05, 0.1) is 12.3 Å². The van der Waals surface area contributed by atoms with Crippen LogP contribution in [0.15, 0.2) is 120 Å². The zero-order chi connectivity index (χ0) is 34.3. The molecule has 8 heteroatoms. The van der Waals surface area contributed by atoms with Crippen molar-refractivity contribution in [2.75, 3.05) is 31.2 Å². The molecule has 0 bridgehead atoms. The van der Waals surface area contributed by atoms with Crippen molar-refractivity contribution in [3.8, 4) is 11.4 Å². The van der Waals surface area contributed by atoms with Gasteiger partial charge < -0.3 is 19.1 Å². The van der Waals surface area contributed by atoms with Crippen LogP contribution < -0.4 is 15.3 Å². The molecule has 50 heavy (non-hydrogen) atoms. The third-order valence-corrected chi connectivity index (χ3v) is 10.4. The van der Waals surface area contributed by atoms with Gasteiger partial charge in [0.25, 0.3) is 0 Å². The summed E-state index contributed by atoms with van der Waals surface area (Å²) in [5.74, 6) is 0.747. The number of hydrogen-bond donors (Lipinski definition) is 0. The first-order valence-corrected chi connectivity index (χ1v) is 18.1. The van der Waals surface area contributed by atoms with Crippen LogP contribution in [0.4, 0.5) is 5.69 Å². The van der Waals surface area contributed by atoms with Crippen LogP contribution in [0.25, 0.3) is 5.69 Å². The van der Waals surface area contributed by atoms with Crippen LogP contribution >= 0.6 is 0 Å². The first kappa shape index (κ1) is 33.8. The summed E-state index contributed by atoms with van der Waals surface area (Å²) in [4.78, 5) is 15.3. The minimum Gasteiger partial charge on any atom is -0.491 e. The molecule has 0 aliphatic carbocycles. The van der Waals surface area contributed by atoms with E-state index in [2.05, 4.69) is 89.7 Å². The lowest BCUT2D eigenvalue weighted by molar-refractivity contribution is -0.178. The first-order valence-electron chi connectivity index (χ1n) is 18.1. The average Bonchev–Trinajstić information content (AvgIpc) is 3.78. The van der Waals surface area contributed by atoms with Crippen molar-refractivity contribution in [2.45, 2.75) is 70.3 Å². The van der Waals surface area contributed by atoms with Crippen molar-refractivity contribution in [3.05, 3.63) is 143 Å². The number of hydrogen-bond acceptors (Lipinski definition) is 6. The third-order valence-electron chi connectivity index (χ3n) is 10.4. The van der Waals surface area contributed by atoms with Gasteiger partial charge in [0.15, 0.2) is 5.79 Å². The molecule has 2 fully saturated rings. The number of benzene rings is 4. The average molecular weight is 673 g/mol. The Kier molecular flexibility index (Phi) is 10.5. The Morgan fingerprint density at radius 3 is 2.24 bits per heavy atom. The van der Waals surface area contributed by atoms with E-state index in [0.29, 0.717) is 25.6 Å². The fourth-order valence-corrected chi connectivity index (χ4v) is 7.14. The maximum Gasteiger partial charge on any atom is 0.350 e. The first-order chi connectivity index (χ1) is 24.5. The second kappa shape index (κ2) is 15.5. The highest BCUT2D eigenvalue weighted by Gasteiger charge is 2.43. The molecule has 4 aromatic carbocycles. The SMILES string of the molecule is CCC(C)n1cnn(-c2ccc(N3CCC(CCc4ccc(OC[C@@H]5CO[C@@](Cc6ccccc6)(c6ccccc6)O5)cc4)CC3)cc2)c1=O. The topological polar surface area (TPSA) is 70.8 Å². The molecule has 0 spiro atoms. The van der Waals surface area contributed by atoms with Crippen LogP contribution in [0, 0.1) is 5.92 Å². The maximum atomic E-state index is 12.8. The maximum absolute atomic E-state index is 12.8. The summed E-state index contributed by atoms with van der Waals surface area (Å²) in [6, 6.07) is 37.5. The Morgan fingerprint density at radius 1 is 0.860 bits per heavy atom. The molecule has 0 radical (unpaired) electrons. The van der Waals surface area contributed by atoms with Gasteiger partial charge in [-0.1, -0.05) is 79.7 Å². The van der Waals surface area contributed by atoms with Gasteiger partial charge in [-0.3, -0.25) is 4.57 Å². The van der Waals surface area contributed by atoms with Crippen LogP contribution in [0.3, 0.4) is 0 Å².